The molecule has 0 saturated carbocycles. The number of benzene rings is 2. The number of aromatic nitrogens is 2. The number of hydrogen-bond donors (Lipinski definition) is 2. The quantitative estimate of drug-likeness (QED) is 0.503. The van der Waals surface area contributed by atoms with Gasteiger partial charge in [-0.15, -0.1) is 0 Å². The van der Waals surface area contributed by atoms with E-state index in [2.05, 4.69) is 15.7 Å². The standard InChI is InChI=1S/C19H17N5O4/c1-2-23-12-16(17(22-23)19(26)20-14-8-4-3-5-9-14)21-18(25)13-7-6-10-15(11-13)24(27)28/h3-12H,2H2,1H3,(H,20,26)(H,21,25). The normalized spacial score (nSPS) is 10.3. The van der Waals surface area contributed by atoms with Crippen molar-refractivity contribution in [1.82, 2.24) is 9.78 Å². The monoisotopic (exact) mass is 379 g/mol. The van der Waals surface area contributed by atoms with Gasteiger partial charge in [0, 0.05) is 36.1 Å². The first-order valence-electron chi connectivity index (χ1n) is 8.47. The smallest absolute Gasteiger partial charge is 0.278 e. The minimum atomic E-state index is -0.579. The van der Waals surface area contributed by atoms with Crippen LogP contribution in [-0.2, 0) is 6.54 Å². The molecule has 2 amide bonds. The number of carbonyl (C=O) groups excluding carboxylic acids is 2. The SMILES string of the molecule is CCn1cc(NC(=O)c2cccc([N+](=O)[O-])c2)c(C(=O)Nc2ccccc2)n1. The second kappa shape index (κ2) is 8.12. The zero-order chi connectivity index (χ0) is 20.1. The fourth-order valence-electron chi connectivity index (χ4n) is 2.51. The highest BCUT2D eigenvalue weighted by Crippen LogP contribution is 2.19. The first-order valence-corrected chi connectivity index (χ1v) is 8.47. The molecule has 1 heterocycles. The van der Waals surface area contributed by atoms with E-state index >= 15 is 0 Å². The van der Waals surface area contributed by atoms with E-state index in [1.807, 2.05) is 13.0 Å². The first-order chi connectivity index (χ1) is 13.5. The molecule has 2 aromatic carbocycles. The van der Waals surface area contributed by atoms with Crippen molar-refractivity contribution >= 4 is 28.9 Å². The summed E-state index contributed by atoms with van der Waals surface area (Å²) >= 11 is 0. The molecule has 142 valence electrons. The number of aryl methyl sites for hydroxylation is 1. The number of para-hydroxylation sites is 1. The lowest BCUT2D eigenvalue weighted by Crippen LogP contribution is -2.18. The van der Waals surface area contributed by atoms with Crippen LogP contribution in [0.1, 0.15) is 27.8 Å². The molecular formula is C19H17N5O4. The lowest BCUT2D eigenvalue weighted by atomic mass is 10.2. The number of nitro groups is 1. The highest BCUT2D eigenvalue weighted by molar-refractivity contribution is 6.11. The summed E-state index contributed by atoms with van der Waals surface area (Å²) in [5, 5.41) is 20.4. The molecule has 0 fully saturated rings. The van der Waals surface area contributed by atoms with E-state index in [4.69, 9.17) is 0 Å². The van der Waals surface area contributed by atoms with Crippen molar-refractivity contribution in [3.05, 3.63) is 82.2 Å². The number of hydrogen-bond acceptors (Lipinski definition) is 5. The third-order valence-electron chi connectivity index (χ3n) is 3.90. The lowest BCUT2D eigenvalue weighted by molar-refractivity contribution is -0.384. The molecule has 0 unspecified atom stereocenters. The Bertz CT molecular complexity index is 1030. The average molecular weight is 379 g/mol. The summed E-state index contributed by atoms with van der Waals surface area (Å²) in [6.07, 6.45) is 1.54. The molecule has 0 spiro atoms. The Morgan fingerprint density at radius 3 is 2.50 bits per heavy atom. The van der Waals surface area contributed by atoms with Gasteiger partial charge in [-0.05, 0) is 25.1 Å². The Balaban J connectivity index is 1.84. The van der Waals surface area contributed by atoms with Crippen LogP contribution in [0.25, 0.3) is 0 Å². The highest BCUT2D eigenvalue weighted by atomic mass is 16.6. The van der Waals surface area contributed by atoms with E-state index in [0.29, 0.717) is 12.2 Å². The van der Waals surface area contributed by atoms with Crippen molar-refractivity contribution in [3.8, 4) is 0 Å². The van der Waals surface area contributed by atoms with E-state index in [1.54, 1.807) is 24.3 Å². The van der Waals surface area contributed by atoms with Crippen molar-refractivity contribution in [2.24, 2.45) is 0 Å². The molecule has 28 heavy (non-hydrogen) atoms. The van der Waals surface area contributed by atoms with Crippen LogP contribution < -0.4 is 10.6 Å². The maximum atomic E-state index is 12.6. The average Bonchev–Trinajstić information content (AvgIpc) is 3.12. The number of amides is 2. The Hall–Kier alpha value is -4.01. The molecule has 0 aliphatic heterocycles. The van der Waals surface area contributed by atoms with Crippen molar-refractivity contribution in [3.63, 3.8) is 0 Å². The van der Waals surface area contributed by atoms with Crippen LogP contribution in [-0.4, -0.2) is 26.5 Å². The molecule has 9 heteroatoms. The molecule has 0 aliphatic carbocycles. The van der Waals surface area contributed by atoms with Gasteiger partial charge in [0.05, 0.1) is 10.6 Å². The van der Waals surface area contributed by atoms with Gasteiger partial charge in [0.25, 0.3) is 17.5 Å². The Morgan fingerprint density at radius 2 is 1.82 bits per heavy atom. The molecule has 0 radical (unpaired) electrons. The zero-order valence-electron chi connectivity index (χ0n) is 15.0. The maximum absolute atomic E-state index is 12.6. The predicted octanol–water partition coefficient (Wildman–Crippen LogP) is 3.32. The van der Waals surface area contributed by atoms with Crippen LogP contribution >= 0.6 is 0 Å². The van der Waals surface area contributed by atoms with E-state index < -0.39 is 16.7 Å². The zero-order valence-corrected chi connectivity index (χ0v) is 15.0. The van der Waals surface area contributed by atoms with Gasteiger partial charge in [-0.1, -0.05) is 24.3 Å². The Kier molecular flexibility index (Phi) is 5.45. The fraction of sp³-hybridized carbons (Fsp3) is 0.105. The number of non-ortho nitro benzene ring substituents is 1. The van der Waals surface area contributed by atoms with Gasteiger partial charge in [0.1, 0.15) is 0 Å². The Labute approximate surface area is 160 Å². The fourth-order valence-corrected chi connectivity index (χ4v) is 2.51. The van der Waals surface area contributed by atoms with E-state index in [0.717, 1.165) is 0 Å². The summed E-state index contributed by atoms with van der Waals surface area (Å²) in [7, 11) is 0. The van der Waals surface area contributed by atoms with Crippen LogP contribution in [0.15, 0.2) is 60.8 Å². The number of carbonyl (C=O) groups is 2. The van der Waals surface area contributed by atoms with E-state index in [1.165, 1.54) is 35.1 Å². The summed E-state index contributed by atoms with van der Waals surface area (Å²) in [6, 6.07) is 14.2. The van der Waals surface area contributed by atoms with Gasteiger partial charge in [-0.3, -0.25) is 24.4 Å². The van der Waals surface area contributed by atoms with E-state index in [9.17, 15) is 19.7 Å². The largest absolute Gasteiger partial charge is 0.321 e. The Morgan fingerprint density at radius 1 is 1.07 bits per heavy atom. The number of nitrogens with one attached hydrogen (secondary N) is 2. The van der Waals surface area contributed by atoms with Crippen LogP contribution in [0.2, 0.25) is 0 Å². The second-order valence-electron chi connectivity index (χ2n) is 5.83. The van der Waals surface area contributed by atoms with Gasteiger partial charge in [0.15, 0.2) is 5.69 Å². The summed E-state index contributed by atoms with van der Waals surface area (Å²) in [5.41, 5.74) is 0.762. The maximum Gasteiger partial charge on any atom is 0.278 e. The molecule has 9 nitrogen and oxygen atoms in total. The van der Waals surface area contributed by atoms with Crippen molar-refractivity contribution in [2.45, 2.75) is 13.5 Å². The molecule has 1 aromatic heterocycles. The van der Waals surface area contributed by atoms with Crippen LogP contribution in [0, 0.1) is 10.1 Å². The third-order valence-corrected chi connectivity index (χ3v) is 3.90. The lowest BCUT2D eigenvalue weighted by Gasteiger charge is -2.06. The van der Waals surface area contributed by atoms with Crippen LogP contribution in [0.3, 0.4) is 0 Å². The molecule has 0 saturated heterocycles. The van der Waals surface area contributed by atoms with Crippen LogP contribution in [0.5, 0.6) is 0 Å². The van der Waals surface area contributed by atoms with Crippen molar-refractivity contribution in [1.29, 1.82) is 0 Å². The number of nitro benzene ring substituents is 1. The van der Waals surface area contributed by atoms with Gasteiger partial charge in [-0.25, -0.2) is 0 Å². The molecule has 3 rings (SSSR count). The predicted molar refractivity (Wildman–Crippen MR) is 103 cm³/mol. The third kappa shape index (κ3) is 4.21. The van der Waals surface area contributed by atoms with E-state index in [-0.39, 0.29) is 22.6 Å². The van der Waals surface area contributed by atoms with Crippen molar-refractivity contribution in [2.75, 3.05) is 10.6 Å². The van der Waals surface area contributed by atoms with Gasteiger partial charge < -0.3 is 10.6 Å². The molecule has 0 atom stereocenters. The minimum absolute atomic E-state index is 0.0458. The summed E-state index contributed by atoms with van der Waals surface area (Å²) in [4.78, 5) is 35.4. The first kappa shape index (κ1) is 18.8. The molecule has 0 bridgehead atoms. The minimum Gasteiger partial charge on any atom is -0.321 e. The van der Waals surface area contributed by atoms with Gasteiger partial charge in [-0.2, -0.15) is 5.10 Å². The van der Waals surface area contributed by atoms with Crippen molar-refractivity contribution < 1.29 is 14.5 Å². The summed E-state index contributed by atoms with van der Waals surface area (Å²) in [5.74, 6) is -1.05. The molecule has 2 N–H and O–H groups in total. The number of nitrogens with zero attached hydrogens (tertiary/aromatic N) is 3. The molecular weight excluding hydrogens is 362 g/mol. The topological polar surface area (TPSA) is 119 Å². The summed E-state index contributed by atoms with van der Waals surface area (Å²) < 4.78 is 1.52. The second-order valence-corrected chi connectivity index (χ2v) is 5.83. The molecule has 0 aliphatic rings. The number of anilines is 2. The van der Waals surface area contributed by atoms with Gasteiger partial charge in [0.2, 0.25) is 0 Å². The highest BCUT2D eigenvalue weighted by Gasteiger charge is 2.20. The van der Waals surface area contributed by atoms with Crippen LogP contribution in [0.4, 0.5) is 17.1 Å². The number of rotatable bonds is 6. The van der Waals surface area contributed by atoms with Gasteiger partial charge >= 0.3 is 0 Å². The molecule has 3 aromatic rings. The summed E-state index contributed by atoms with van der Waals surface area (Å²) in [6.45, 7) is 2.34.